The van der Waals surface area contributed by atoms with Crippen molar-refractivity contribution >= 4 is 29.3 Å². The predicted molar refractivity (Wildman–Crippen MR) is 146 cm³/mol. The highest BCUT2D eigenvalue weighted by molar-refractivity contribution is 6.18. The summed E-state index contributed by atoms with van der Waals surface area (Å²) in [7, 11) is 6.36. The normalized spacial score (nSPS) is 11.7. The van der Waals surface area contributed by atoms with Crippen LogP contribution in [0, 0.1) is 0 Å². The summed E-state index contributed by atoms with van der Waals surface area (Å²) in [6.45, 7) is 15.4. The van der Waals surface area contributed by atoms with Crippen molar-refractivity contribution in [1.82, 2.24) is 10.2 Å². The number of carbonyl (C=O) groups is 2. The van der Waals surface area contributed by atoms with Crippen molar-refractivity contribution in [1.29, 1.82) is 0 Å². The fraction of sp³-hybridized carbons (Fsp3) is 0.630. The second-order valence-corrected chi connectivity index (χ2v) is 11.2. The number of ether oxygens (including phenoxy) is 1. The van der Waals surface area contributed by atoms with Gasteiger partial charge in [0.1, 0.15) is 5.60 Å². The maximum Gasteiger partial charge on any atom is 0.410 e. The topological polar surface area (TPSA) is 61.9 Å². The summed E-state index contributed by atoms with van der Waals surface area (Å²) < 4.78 is 6.49. The van der Waals surface area contributed by atoms with Gasteiger partial charge in [-0.2, -0.15) is 0 Å². The number of halogens is 1. The molecule has 1 N–H and O–H groups in total. The lowest BCUT2D eigenvalue weighted by molar-refractivity contribution is -0.890. The van der Waals surface area contributed by atoms with Crippen LogP contribution >= 0.6 is 11.6 Å². The van der Waals surface area contributed by atoms with E-state index in [-0.39, 0.29) is 12.0 Å². The Balaban J connectivity index is 2.70. The first-order valence-corrected chi connectivity index (χ1v) is 12.9. The average molecular weight is 510 g/mol. The van der Waals surface area contributed by atoms with Gasteiger partial charge in [0, 0.05) is 63.2 Å². The van der Waals surface area contributed by atoms with Crippen molar-refractivity contribution in [2.75, 3.05) is 64.6 Å². The van der Waals surface area contributed by atoms with Crippen LogP contribution in [0.3, 0.4) is 0 Å². The Bertz CT molecular complexity index is 819. The molecule has 35 heavy (non-hydrogen) atoms. The van der Waals surface area contributed by atoms with E-state index in [9.17, 15) is 9.59 Å². The van der Waals surface area contributed by atoms with Crippen LogP contribution in [0.25, 0.3) is 0 Å². The monoisotopic (exact) mass is 509 g/mol. The number of rotatable bonds is 14. The number of amides is 2. The lowest BCUT2D eigenvalue weighted by atomic mass is 10.1. The molecule has 0 aliphatic rings. The summed E-state index contributed by atoms with van der Waals surface area (Å²) in [4.78, 5) is 28.5. The van der Waals surface area contributed by atoms with Crippen LogP contribution in [0.15, 0.2) is 36.4 Å². The summed E-state index contributed by atoms with van der Waals surface area (Å²) in [5.41, 5.74) is 2.13. The van der Waals surface area contributed by atoms with Crippen LogP contribution in [-0.2, 0) is 16.1 Å². The van der Waals surface area contributed by atoms with Gasteiger partial charge in [-0.3, -0.25) is 4.79 Å². The molecule has 0 fully saturated rings. The molecule has 2 amide bonds. The average Bonchev–Trinajstić information content (AvgIpc) is 2.75. The van der Waals surface area contributed by atoms with E-state index in [4.69, 9.17) is 16.3 Å². The molecule has 0 saturated heterocycles. The maximum atomic E-state index is 12.9. The molecule has 0 spiro atoms. The van der Waals surface area contributed by atoms with Gasteiger partial charge in [-0.15, -0.1) is 11.6 Å². The third kappa shape index (κ3) is 12.9. The van der Waals surface area contributed by atoms with Crippen LogP contribution in [0.2, 0.25) is 0 Å². The molecule has 0 radical (unpaired) electrons. The van der Waals surface area contributed by atoms with Crippen molar-refractivity contribution in [2.45, 2.75) is 52.7 Å². The number of anilines is 1. The van der Waals surface area contributed by atoms with E-state index >= 15 is 0 Å². The molecule has 0 atom stereocenters. The molecule has 1 aromatic rings. The lowest BCUT2D eigenvalue weighted by Crippen LogP contribution is -2.44. The molecule has 1 rings (SSSR count). The van der Waals surface area contributed by atoms with Gasteiger partial charge < -0.3 is 24.3 Å². The molecule has 0 saturated carbocycles. The molecule has 1 aromatic carbocycles. The first-order valence-electron chi connectivity index (χ1n) is 12.3. The molecule has 0 heterocycles. The molecular formula is C27H46ClN4O3+. The Labute approximate surface area is 217 Å². The van der Waals surface area contributed by atoms with Crippen LogP contribution in [0.4, 0.5) is 10.5 Å². The Morgan fingerprint density at radius 2 is 1.69 bits per heavy atom. The third-order valence-electron chi connectivity index (χ3n) is 5.63. The number of nitrogens with one attached hydrogen (secondary N) is 1. The summed E-state index contributed by atoms with van der Waals surface area (Å²) in [6.07, 6.45) is 1.43. The number of carbonyl (C=O) groups excluding carboxylic acids is 2. The van der Waals surface area contributed by atoms with E-state index in [0.29, 0.717) is 31.1 Å². The van der Waals surface area contributed by atoms with Gasteiger partial charge in [-0.05, 0) is 45.4 Å². The van der Waals surface area contributed by atoms with Gasteiger partial charge in [0.2, 0.25) is 5.91 Å². The van der Waals surface area contributed by atoms with E-state index in [0.717, 1.165) is 48.2 Å². The van der Waals surface area contributed by atoms with Gasteiger partial charge in [-0.1, -0.05) is 18.7 Å². The van der Waals surface area contributed by atoms with E-state index < -0.39 is 5.60 Å². The fourth-order valence-corrected chi connectivity index (χ4v) is 3.81. The highest BCUT2D eigenvalue weighted by Crippen LogP contribution is 2.17. The molecule has 0 aliphatic carbocycles. The maximum absolute atomic E-state index is 12.9. The van der Waals surface area contributed by atoms with Crippen LogP contribution in [0.1, 0.15) is 46.1 Å². The first kappa shape index (κ1) is 30.8. The Morgan fingerprint density at radius 1 is 1.09 bits per heavy atom. The zero-order valence-corrected chi connectivity index (χ0v) is 23.6. The van der Waals surface area contributed by atoms with Crippen molar-refractivity contribution in [3.05, 3.63) is 42.0 Å². The number of alkyl halides is 1. The lowest BCUT2D eigenvalue weighted by Gasteiger charge is -2.32. The van der Waals surface area contributed by atoms with Crippen molar-refractivity contribution in [2.24, 2.45) is 0 Å². The predicted octanol–water partition coefficient (Wildman–Crippen LogP) is 4.65. The number of hydrogen-bond acceptors (Lipinski definition) is 4. The Morgan fingerprint density at radius 3 is 2.23 bits per heavy atom. The minimum absolute atomic E-state index is 0.0953. The zero-order chi connectivity index (χ0) is 26.6. The van der Waals surface area contributed by atoms with Gasteiger partial charge in [0.15, 0.2) is 0 Å². The first-order chi connectivity index (χ1) is 16.2. The second-order valence-electron chi connectivity index (χ2n) is 10.8. The van der Waals surface area contributed by atoms with E-state index in [1.54, 1.807) is 11.8 Å². The molecule has 0 aliphatic heterocycles. The van der Waals surface area contributed by atoms with E-state index in [1.807, 2.05) is 27.8 Å². The minimum atomic E-state index is -0.549. The van der Waals surface area contributed by atoms with Crippen molar-refractivity contribution in [3.63, 3.8) is 0 Å². The van der Waals surface area contributed by atoms with E-state index in [1.165, 1.54) is 0 Å². The molecule has 198 valence electrons. The molecule has 7 nitrogen and oxygen atoms in total. The fourth-order valence-electron chi connectivity index (χ4n) is 3.55. The largest absolute Gasteiger partial charge is 0.444 e. The number of nitrogens with zero attached hydrogens (tertiary/aromatic N) is 3. The molecule has 0 bridgehead atoms. The SMILES string of the molecule is C=C(C)C(=O)NCCC[N+](C)(C)CCCN(Cc1ccc(N(C)CCCl)cc1)C(=O)OC(C)(C)C. The summed E-state index contributed by atoms with van der Waals surface area (Å²) >= 11 is 5.85. The Kier molecular flexibility index (Phi) is 12.6. The van der Waals surface area contributed by atoms with Gasteiger partial charge in [0.25, 0.3) is 0 Å². The van der Waals surface area contributed by atoms with Gasteiger partial charge >= 0.3 is 6.09 Å². The molecule has 8 heteroatoms. The van der Waals surface area contributed by atoms with Gasteiger partial charge in [0.05, 0.1) is 27.2 Å². The molecule has 0 aromatic heterocycles. The van der Waals surface area contributed by atoms with Crippen molar-refractivity contribution in [3.8, 4) is 0 Å². The standard InChI is InChI=1S/C27H45ClN4O3/c1-22(2)25(33)29-16-9-19-32(7,8)20-10-17-31(26(34)35-27(3,4)5)21-23-11-13-24(14-12-23)30(6)18-15-28/h11-14H,1,9-10,15-21H2,2-8H3/p+1. The third-order valence-corrected chi connectivity index (χ3v) is 5.80. The molecule has 0 unspecified atom stereocenters. The van der Waals surface area contributed by atoms with E-state index in [2.05, 4.69) is 55.2 Å². The Hall–Kier alpha value is -2.25. The number of benzene rings is 1. The van der Waals surface area contributed by atoms with Crippen LogP contribution in [-0.4, -0.2) is 86.7 Å². The smallest absolute Gasteiger partial charge is 0.410 e. The summed E-state index contributed by atoms with van der Waals surface area (Å²) in [5, 5.41) is 2.88. The quantitative estimate of drug-likeness (QED) is 0.172. The zero-order valence-electron chi connectivity index (χ0n) is 22.8. The van der Waals surface area contributed by atoms with Crippen LogP contribution < -0.4 is 10.2 Å². The van der Waals surface area contributed by atoms with Crippen LogP contribution in [0.5, 0.6) is 0 Å². The highest BCUT2D eigenvalue weighted by Gasteiger charge is 2.23. The van der Waals surface area contributed by atoms with Gasteiger partial charge in [-0.25, -0.2) is 4.79 Å². The minimum Gasteiger partial charge on any atom is -0.444 e. The molecular weight excluding hydrogens is 464 g/mol. The second kappa shape index (κ2) is 14.3. The highest BCUT2D eigenvalue weighted by atomic mass is 35.5. The number of quaternary nitrogens is 1. The number of hydrogen-bond donors (Lipinski definition) is 1. The summed E-state index contributed by atoms with van der Waals surface area (Å²) in [6, 6.07) is 8.22. The van der Waals surface area contributed by atoms with Crippen molar-refractivity contribution < 1.29 is 18.8 Å². The summed E-state index contributed by atoms with van der Waals surface area (Å²) in [5.74, 6) is 0.477.